The van der Waals surface area contributed by atoms with Gasteiger partial charge in [-0.1, -0.05) is 0 Å². The molecule has 0 aliphatic heterocycles. The van der Waals surface area contributed by atoms with Gasteiger partial charge in [-0.25, -0.2) is 9.37 Å². The second-order valence-corrected chi connectivity index (χ2v) is 3.06. The van der Waals surface area contributed by atoms with Crippen LogP contribution in [-0.4, -0.2) is 16.7 Å². The van der Waals surface area contributed by atoms with Crippen LogP contribution in [0, 0.1) is 11.8 Å². The van der Waals surface area contributed by atoms with E-state index in [4.69, 9.17) is 10.8 Å². The maximum Gasteiger partial charge on any atom is 0.213 e. The van der Waals surface area contributed by atoms with Gasteiger partial charge >= 0.3 is 0 Å². The Morgan fingerprint density at radius 3 is 2.77 bits per heavy atom. The van der Waals surface area contributed by atoms with E-state index in [0.29, 0.717) is 0 Å². The highest BCUT2D eigenvalue weighted by Crippen LogP contribution is 2.20. The lowest BCUT2D eigenvalue weighted by Crippen LogP contribution is -2.38. The zero-order valence-corrected chi connectivity index (χ0v) is 7.09. The van der Waals surface area contributed by atoms with E-state index in [1.54, 1.807) is 0 Å². The van der Waals surface area contributed by atoms with Crippen LogP contribution >= 0.6 is 0 Å². The molecule has 72 valence electrons. The van der Waals surface area contributed by atoms with Gasteiger partial charge in [0.15, 0.2) is 0 Å². The van der Waals surface area contributed by atoms with E-state index in [9.17, 15) is 8.78 Å². The van der Waals surface area contributed by atoms with Gasteiger partial charge in [0.1, 0.15) is 5.82 Å². The molecule has 13 heavy (non-hydrogen) atoms. The Balaban J connectivity index is 3.20. The third-order valence-electron chi connectivity index (χ3n) is 1.77. The quantitative estimate of drug-likeness (QED) is 0.665. The third kappa shape index (κ3) is 1.99. The summed E-state index contributed by atoms with van der Waals surface area (Å²) in [5.74, 6) is -1.54. The first-order valence-corrected chi connectivity index (χ1v) is 3.68. The van der Waals surface area contributed by atoms with E-state index in [-0.39, 0.29) is 5.56 Å². The van der Waals surface area contributed by atoms with Crippen molar-refractivity contribution in [2.45, 2.75) is 12.5 Å². The van der Waals surface area contributed by atoms with Gasteiger partial charge in [0, 0.05) is 11.6 Å². The Bertz CT molecular complexity index is 315. The predicted octanol–water partition coefficient (Wildman–Crippen LogP) is 0.526. The molecule has 0 bridgehead atoms. The second kappa shape index (κ2) is 3.35. The van der Waals surface area contributed by atoms with Crippen molar-refractivity contribution in [1.29, 1.82) is 0 Å². The topological polar surface area (TPSA) is 59.1 Å². The van der Waals surface area contributed by atoms with Crippen LogP contribution in [0.4, 0.5) is 8.78 Å². The zero-order chi connectivity index (χ0) is 10.1. The summed E-state index contributed by atoms with van der Waals surface area (Å²) in [5.41, 5.74) is 4.16. The Morgan fingerprint density at radius 2 is 2.23 bits per heavy atom. The van der Waals surface area contributed by atoms with Crippen molar-refractivity contribution in [3.05, 3.63) is 29.6 Å². The number of hydrogen-bond donors (Lipinski definition) is 2. The van der Waals surface area contributed by atoms with Crippen LogP contribution in [0.15, 0.2) is 12.3 Å². The predicted molar refractivity (Wildman–Crippen MR) is 42.8 cm³/mol. The number of nitrogens with two attached hydrogens (primary N) is 1. The van der Waals surface area contributed by atoms with E-state index in [0.717, 1.165) is 12.3 Å². The molecule has 1 rings (SSSR count). The summed E-state index contributed by atoms with van der Waals surface area (Å²) in [6.45, 7) is 0.943. The molecule has 3 nitrogen and oxygen atoms in total. The number of hydrogen-bond acceptors (Lipinski definition) is 3. The lowest BCUT2D eigenvalue weighted by molar-refractivity contribution is 0.205. The van der Waals surface area contributed by atoms with Crippen molar-refractivity contribution in [1.82, 2.24) is 4.98 Å². The molecule has 0 radical (unpaired) electrons. The van der Waals surface area contributed by atoms with Crippen LogP contribution in [0.25, 0.3) is 0 Å². The number of aliphatic hydroxyl groups excluding tert-OH is 1. The fraction of sp³-hybridized carbons (Fsp3) is 0.375. The maximum absolute atomic E-state index is 13.0. The van der Waals surface area contributed by atoms with Crippen LogP contribution in [-0.2, 0) is 5.54 Å². The van der Waals surface area contributed by atoms with Gasteiger partial charge < -0.3 is 10.8 Å². The fourth-order valence-electron chi connectivity index (χ4n) is 0.936. The van der Waals surface area contributed by atoms with Crippen LogP contribution < -0.4 is 5.73 Å². The highest BCUT2D eigenvalue weighted by molar-refractivity contribution is 5.22. The molecule has 5 heteroatoms. The molecule has 0 fully saturated rings. The largest absolute Gasteiger partial charge is 0.394 e. The monoisotopic (exact) mass is 188 g/mol. The van der Waals surface area contributed by atoms with Crippen molar-refractivity contribution in [2.24, 2.45) is 5.73 Å². The summed E-state index contributed by atoms with van der Waals surface area (Å²) in [7, 11) is 0. The molecule has 3 N–H and O–H groups in total. The van der Waals surface area contributed by atoms with Gasteiger partial charge in [-0.15, -0.1) is 0 Å². The first-order valence-electron chi connectivity index (χ1n) is 3.68. The van der Waals surface area contributed by atoms with E-state index in [1.807, 2.05) is 0 Å². The van der Waals surface area contributed by atoms with Crippen molar-refractivity contribution in [3.8, 4) is 0 Å². The number of halogens is 2. The molecular formula is C8H10F2N2O. The van der Waals surface area contributed by atoms with E-state index < -0.39 is 23.9 Å². The Hall–Kier alpha value is -1.07. The second-order valence-electron chi connectivity index (χ2n) is 3.06. The van der Waals surface area contributed by atoms with Crippen LogP contribution in [0.5, 0.6) is 0 Å². The molecule has 0 spiro atoms. The van der Waals surface area contributed by atoms with Gasteiger partial charge in [0.2, 0.25) is 5.95 Å². The number of aliphatic hydroxyl groups is 1. The normalized spacial score (nSPS) is 15.5. The molecule has 0 aromatic carbocycles. The third-order valence-corrected chi connectivity index (χ3v) is 1.77. The first kappa shape index (κ1) is 10.0. The SMILES string of the molecule is C[C@](N)(CO)c1cc(F)ncc1F. The molecule has 0 amide bonds. The molecule has 0 aliphatic carbocycles. The van der Waals surface area contributed by atoms with Gasteiger partial charge in [0.25, 0.3) is 0 Å². The summed E-state index contributed by atoms with van der Waals surface area (Å²) >= 11 is 0. The average molecular weight is 188 g/mol. The molecular weight excluding hydrogens is 178 g/mol. The minimum Gasteiger partial charge on any atom is -0.394 e. The number of pyridine rings is 1. The summed E-state index contributed by atoms with van der Waals surface area (Å²) in [6.07, 6.45) is 0.742. The highest BCUT2D eigenvalue weighted by atomic mass is 19.1. The number of aromatic nitrogens is 1. The minimum atomic E-state index is -1.28. The minimum absolute atomic E-state index is 0.0810. The maximum atomic E-state index is 13.0. The molecule has 1 atom stereocenters. The lowest BCUT2D eigenvalue weighted by Gasteiger charge is -2.22. The van der Waals surface area contributed by atoms with Gasteiger partial charge in [-0.2, -0.15) is 4.39 Å². The smallest absolute Gasteiger partial charge is 0.213 e. The Morgan fingerprint density at radius 1 is 1.62 bits per heavy atom. The highest BCUT2D eigenvalue weighted by Gasteiger charge is 2.24. The average Bonchev–Trinajstić information content (AvgIpc) is 2.09. The van der Waals surface area contributed by atoms with Crippen molar-refractivity contribution >= 4 is 0 Å². The Kier molecular flexibility index (Phi) is 2.58. The molecule has 0 unspecified atom stereocenters. The summed E-state index contributed by atoms with van der Waals surface area (Å²) in [4.78, 5) is 3.11. The van der Waals surface area contributed by atoms with Crippen LogP contribution in [0.3, 0.4) is 0 Å². The van der Waals surface area contributed by atoms with Crippen LogP contribution in [0.2, 0.25) is 0 Å². The number of nitrogens with zero attached hydrogens (tertiary/aromatic N) is 1. The van der Waals surface area contributed by atoms with Gasteiger partial charge in [-0.05, 0) is 6.92 Å². The molecule has 0 saturated carbocycles. The molecule has 0 aliphatic rings. The number of rotatable bonds is 2. The molecule has 1 heterocycles. The van der Waals surface area contributed by atoms with Gasteiger partial charge in [-0.3, -0.25) is 0 Å². The van der Waals surface area contributed by atoms with E-state index in [1.165, 1.54) is 6.92 Å². The van der Waals surface area contributed by atoms with Gasteiger partial charge in [0.05, 0.1) is 18.3 Å². The first-order chi connectivity index (χ1) is 5.97. The van der Waals surface area contributed by atoms with E-state index in [2.05, 4.69) is 4.98 Å². The fourth-order valence-corrected chi connectivity index (χ4v) is 0.936. The summed E-state index contributed by atoms with van der Waals surface area (Å²) < 4.78 is 25.6. The Labute approximate surface area is 74.2 Å². The molecule has 0 saturated heterocycles. The summed E-state index contributed by atoms with van der Waals surface area (Å²) in [6, 6.07) is 0.881. The lowest BCUT2D eigenvalue weighted by atomic mass is 9.95. The van der Waals surface area contributed by atoms with Crippen molar-refractivity contribution in [3.63, 3.8) is 0 Å². The van der Waals surface area contributed by atoms with Crippen molar-refractivity contribution < 1.29 is 13.9 Å². The molecule has 1 aromatic heterocycles. The van der Waals surface area contributed by atoms with E-state index >= 15 is 0 Å². The summed E-state index contributed by atoms with van der Waals surface area (Å²) in [5, 5.41) is 8.83. The molecule has 1 aromatic rings. The van der Waals surface area contributed by atoms with Crippen molar-refractivity contribution in [2.75, 3.05) is 6.61 Å². The zero-order valence-electron chi connectivity index (χ0n) is 7.09. The standard InChI is InChI=1S/C8H10F2N2O/c1-8(11,4-13)5-2-7(10)12-3-6(5)9/h2-3,13H,4,11H2,1H3/t8-/m0/s1. The van der Waals surface area contributed by atoms with Crippen LogP contribution in [0.1, 0.15) is 12.5 Å².